The van der Waals surface area contributed by atoms with Crippen LogP contribution >= 0.6 is 35.0 Å². The molecule has 0 aliphatic carbocycles. The van der Waals surface area contributed by atoms with Gasteiger partial charge in [0.2, 0.25) is 0 Å². The van der Waals surface area contributed by atoms with Crippen LogP contribution in [0.2, 0.25) is 10.0 Å². The van der Waals surface area contributed by atoms with Crippen LogP contribution in [-0.2, 0) is 13.0 Å². The molecule has 9 heteroatoms. The van der Waals surface area contributed by atoms with Crippen molar-refractivity contribution in [1.82, 2.24) is 9.78 Å². The average molecular weight is 453 g/mol. The lowest BCUT2D eigenvalue weighted by atomic mass is 9.98. The summed E-state index contributed by atoms with van der Waals surface area (Å²) in [6.07, 6.45) is -5.82. The van der Waals surface area contributed by atoms with Crippen LogP contribution in [0.3, 0.4) is 0 Å². The zero-order chi connectivity index (χ0) is 20.9. The summed E-state index contributed by atoms with van der Waals surface area (Å²) in [5, 5.41) is 14.7. The number of halogens is 5. The molecule has 3 rings (SSSR count). The van der Waals surface area contributed by atoms with Crippen LogP contribution in [0.25, 0.3) is 0 Å². The molecule has 2 aromatic rings. The van der Waals surface area contributed by atoms with E-state index in [1.165, 1.54) is 4.68 Å². The molecule has 154 valence electrons. The van der Waals surface area contributed by atoms with E-state index < -0.39 is 18.8 Å². The monoisotopic (exact) mass is 452 g/mol. The van der Waals surface area contributed by atoms with Crippen LogP contribution in [0.1, 0.15) is 48.0 Å². The van der Waals surface area contributed by atoms with E-state index in [2.05, 4.69) is 18.9 Å². The average Bonchev–Trinajstić information content (AvgIpc) is 2.77. The van der Waals surface area contributed by atoms with Gasteiger partial charge in [0.15, 0.2) is 6.10 Å². The van der Waals surface area contributed by atoms with E-state index in [0.717, 1.165) is 23.2 Å². The van der Waals surface area contributed by atoms with Gasteiger partial charge in [-0.25, -0.2) is 0 Å². The standard InChI is InChI=1S/C19H21Cl2F3N2OS/c1-10-16-14(26(25-10)9-15(27)19(22,23)24)6-7-18(2,3)28-17(16)12-5-4-11(20)8-13(12)21/h4-5,8,15,17,27H,6-7,9H2,1-3H3/t15?,17-/m1/s1. The number of thioether (sulfide) groups is 1. The Labute approximate surface area is 176 Å². The van der Waals surface area contributed by atoms with Crippen molar-refractivity contribution in [3.63, 3.8) is 0 Å². The van der Waals surface area contributed by atoms with E-state index >= 15 is 0 Å². The van der Waals surface area contributed by atoms with E-state index in [1.807, 2.05) is 6.07 Å². The van der Waals surface area contributed by atoms with Gasteiger partial charge >= 0.3 is 6.18 Å². The Kier molecular flexibility index (Phi) is 6.03. The Morgan fingerprint density at radius 2 is 2.04 bits per heavy atom. The van der Waals surface area contributed by atoms with Gasteiger partial charge in [-0.1, -0.05) is 43.1 Å². The second-order valence-corrected chi connectivity index (χ2v) is 10.3. The molecule has 2 heterocycles. The first-order valence-corrected chi connectivity index (χ1v) is 10.5. The van der Waals surface area contributed by atoms with Gasteiger partial charge in [0.1, 0.15) is 0 Å². The number of rotatable bonds is 3. The second kappa shape index (κ2) is 7.74. The molecule has 0 fully saturated rings. The molecular formula is C19H21Cl2F3N2OS. The molecule has 0 spiro atoms. The number of fused-ring (bicyclic) bond motifs is 1. The highest BCUT2D eigenvalue weighted by Crippen LogP contribution is 2.51. The maximum atomic E-state index is 12.9. The molecule has 1 aromatic heterocycles. The fourth-order valence-electron chi connectivity index (χ4n) is 3.46. The van der Waals surface area contributed by atoms with Crippen LogP contribution in [0.15, 0.2) is 18.2 Å². The van der Waals surface area contributed by atoms with Crippen molar-refractivity contribution in [1.29, 1.82) is 0 Å². The van der Waals surface area contributed by atoms with Gasteiger partial charge in [-0.05, 0) is 37.5 Å². The number of nitrogens with zero attached hydrogens (tertiary/aromatic N) is 2. The van der Waals surface area contributed by atoms with Crippen LogP contribution in [0.4, 0.5) is 13.2 Å². The minimum atomic E-state index is -4.69. The van der Waals surface area contributed by atoms with Crippen molar-refractivity contribution in [3.8, 4) is 0 Å². The molecule has 1 aromatic carbocycles. The third-order valence-corrected chi connectivity index (χ3v) is 7.04. The number of aliphatic hydroxyl groups is 1. The molecule has 2 atom stereocenters. The Morgan fingerprint density at radius 3 is 2.64 bits per heavy atom. The molecule has 1 unspecified atom stereocenters. The van der Waals surface area contributed by atoms with Crippen molar-refractivity contribution in [2.45, 2.75) is 62.4 Å². The maximum absolute atomic E-state index is 12.9. The second-order valence-electron chi connectivity index (χ2n) is 7.61. The third-order valence-electron chi connectivity index (χ3n) is 4.91. The SMILES string of the molecule is Cc1nn(CC(O)C(F)(F)F)c2c1[C@@H](c1ccc(Cl)cc1Cl)SC(C)(C)CC2. The lowest BCUT2D eigenvalue weighted by Crippen LogP contribution is -2.33. The molecule has 1 aliphatic rings. The first kappa shape index (κ1) is 21.8. The number of alkyl halides is 3. The normalized spacial score (nSPS) is 20.5. The zero-order valence-corrected chi connectivity index (χ0v) is 18.0. The fourth-order valence-corrected chi connectivity index (χ4v) is 5.65. The van der Waals surface area contributed by atoms with Gasteiger partial charge in [-0.3, -0.25) is 4.68 Å². The Balaban J connectivity index is 2.11. The fraction of sp³-hybridized carbons (Fsp3) is 0.526. The highest BCUT2D eigenvalue weighted by Gasteiger charge is 2.41. The minimum Gasteiger partial charge on any atom is -0.382 e. The highest BCUT2D eigenvalue weighted by molar-refractivity contribution is 8.01. The lowest BCUT2D eigenvalue weighted by molar-refractivity contribution is -0.208. The smallest absolute Gasteiger partial charge is 0.382 e. The van der Waals surface area contributed by atoms with Gasteiger partial charge in [0.05, 0.1) is 17.5 Å². The van der Waals surface area contributed by atoms with Crippen LogP contribution < -0.4 is 0 Å². The van der Waals surface area contributed by atoms with Gasteiger partial charge in [-0.15, -0.1) is 11.8 Å². The highest BCUT2D eigenvalue weighted by atomic mass is 35.5. The number of aryl methyl sites for hydroxylation is 1. The van der Waals surface area contributed by atoms with E-state index in [-0.39, 0.29) is 10.00 Å². The van der Waals surface area contributed by atoms with Gasteiger partial charge in [-0.2, -0.15) is 18.3 Å². The van der Waals surface area contributed by atoms with E-state index in [0.29, 0.717) is 22.2 Å². The van der Waals surface area contributed by atoms with E-state index in [4.69, 9.17) is 23.2 Å². The molecule has 0 saturated heterocycles. The van der Waals surface area contributed by atoms with Crippen LogP contribution in [-0.4, -0.2) is 31.9 Å². The molecule has 0 radical (unpaired) electrons. The van der Waals surface area contributed by atoms with E-state index in [1.54, 1.807) is 30.8 Å². The summed E-state index contributed by atoms with van der Waals surface area (Å²) in [5.74, 6) is 0. The molecule has 0 bridgehead atoms. The molecule has 0 amide bonds. The summed E-state index contributed by atoms with van der Waals surface area (Å²) in [6.45, 7) is 5.38. The predicted molar refractivity (Wildman–Crippen MR) is 107 cm³/mol. The quantitative estimate of drug-likeness (QED) is 0.623. The van der Waals surface area contributed by atoms with Crippen LogP contribution in [0.5, 0.6) is 0 Å². The zero-order valence-electron chi connectivity index (χ0n) is 15.6. The lowest BCUT2D eigenvalue weighted by Gasteiger charge is -2.27. The van der Waals surface area contributed by atoms with Crippen molar-refractivity contribution >= 4 is 35.0 Å². The summed E-state index contributed by atoms with van der Waals surface area (Å²) in [5.41, 5.74) is 3.08. The number of aliphatic hydroxyl groups excluding tert-OH is 1. The van der Waals surface area contributed by atoms with Gasteiger partial charge < -0.3 is 5.11 Å². The largest absolute Gasteiger partial charge is 0.416 e. The summed E-state index contributed by atoms with van der Waals surface area (Å²) in [6, 6.07) is 5.28. The van der Waals surface area contributed by atoms with E-state index in [9.17, 15) is 18.3 Å². The van der Waals surface area contributed by atoms with Crippen molar-refractivity contribution in [3.05, 3.63) is 50.8 Å². The van der Waals surface area contributed by atoms with Crippen LogP contribution in [0, 0.1) is 6.92 Å². The van der Waals surface area contributed by atoms with Gasteiger partial charge in [0.25, 0.3) is 0 Å². The molecule has 0 saturated carbocycles. The molecule has 3 nitrogen and oxygen atoms in total. The topological polar surface area (TPSA) is 38.0 Å². The molecule has 1 aliphatic heterocycles. The van der Waals surface area contributed by atoms with Gasteiger partial charge in [0, 0.05) is 26.0 Å². The summed E-state index contributed by atoms with van der Waals surface area (Å²) >= 11 is 14.2. The number of hydrogen-bond donors (Lipinski definition) is 1. The van der Waals surface area contributed by atoms with Crippen molar-refractivity contribution < 1.29 is 18.3 Å². The maximum Gasteiger partial charge on any atom is 0.416 e. The third kappa shape index (κ3) is 4.48. The minimum absolute atomic E-state index is 0.118. The number of benzene rings is 1. The first-order chi connectivity index (χ1) is 12.9. The van der Waals surface area contributed by atoms with Crippen molar-refractivity contribution in [2.75, 3.05) is 0 Å². The Hall–Kier alpha value is -0.890. The summed E-state index contributed by atoms with van der Waals surface area (Å²) < 4.78 is 39.8. The molecule has 28 heavy (non-hydrogen) atoms. The number of aromatic nitrogens is 2. The Bertz CT molecular complexity index is 883. The first-order valence-electron chi connectivity index (χ1n) is 8.83. The van der Waals surface area contributed by atoms with Crippen molar-refractivity contribution in [2.24, 2.45) is 0 Å². The number of hydrogen-bond acceptors (Lipinski definition) is 3. The molecular weight excluding hydrogens is 432 g/mol. The predicted octanol–water partition coefficient (Wildman–Crippen LogP) is 5.97. The Morgan fingerprint density at radius 1 is 1.36 bits per heavy atom. The summed E-state index contributed by atoms with van der Waals surface area (Å²) in [4.78, 5) is 0. The molecule has 1 N–H and O–H groups in total. The summed E-state index contributed by atoms with van der Waals surface area (Å²) in [7, 11) is 0.